The Morgan fingerprint density at radius 2 is 1.08 bits per heavy atom. The molecule has 0 spiro atoms. The molecule has 0 bridgehead atoms. The van der Waals surface area contributed by atoms with Gasteiger partial charge >= 0.3 is 0 Å². The number of hydrogen-bond donors (Lipinski definition) is 1. The number of pyridine rings is 1. The SMILES string of the molecule is c1ccc(C2=NC(c3cc(-c4ccc5ccccc5c4)cc(-c4nc5ccccc5c5ccccc45)c3)NC(c3ccccc3)=N2)cc1. The molecule has 1 atom stereocenters. The Hall–Kier alpha value is -6.39. The van der Waals surface area contributed by atoms with Gasteiger partial charge in [0.1, 0.15) is 12.0 Å². The van der Waals surface area contributed by atoms with Gasteiger partial charge in [0, 0.05) is 27.5 Å². The third-order valence-electron chi connectivity index (χ3n) is 9.06. The zero-order valence-electron chi connectivity index (χ0n) is 26.1. The number of nitrogens with zero attached hydrogens (tertiary/aromatic N) is 3. The van der Waals surface area contributed by atoms with Crippen molar-refractivity contribution in [3.8, 4) is 22.4 Å². The van der Waals surface area contributed by atoms with E-state index in [0.717, 1.165) is 61.2 Å². The average Bonchev–Trinajstić information content (AvgIpc) is 3.17. The summed E-state index contributed by atoms with van der Waals surface area (Å²) in [5, 5.41) is 9.56. The minimum Gasteiger partial charge on any atom is -0.344 e. The molecule has 4 heteroatoms. The number of aromatic nitrogens is 1. The van der Waals surface area contributed by atoms with Crippen molar-refractivity contribution in [3.05, 3.63) is 187 Å². The van der Waals surface area contributed by atoms with Gasteiger partial charge in [-0.15, -0.1) is 0 Å². The fraction of sp³-hybridized carbons (Fsp3) is 0.0227. The van der Waals surface area contributed by atoms with Gasteiger partial charge in [0.25, 0.3) is 0 Å². The highest BCUT2D eigenvalue weighted by atomic mass is 15.2. The van der Waals surface area contributed by atoms with Crippen molar-refractivity contribution >= 4 is 44.1 Å². The summed E-state index contributed by atoms with van der Waals surface area (Å²) in [5.41, 5.74) is 8.24. The van der Waals surface area contributed by atoms with Crippen LogP contribution in [-0.4, -0.2) is 16.7 Å². The number of benzene rings is 7. The Kier molecular flexibility index (Phi) is 6.83. The van der Waals surface area contributed by atoms with Gasteiger partial charge in [-0.1, -0.05) is 140 Å². The molecule has 0 saturated heterocycles. The molecule has 1 aromatic heterocycles. The van der Waals surface area contributed by atoms with Crippen molar-refractivity contribution in [1.82, 2.24) is 10.3 Å². The zero-order chi connectivity index (χ0) is 31.9. The van der Waals surface area contributed by atoms with Crippen molar-refractivity contribution < 1.29 is 0 Å². The molecule has 0 aliphatic carbocycles. The highest BCUT2D eigenvalue weighted by molar-refractivity contribution is 6.13. The summed E-state index contributed by atoms with van der Waals surface area (Å²) in [4.78, 5) is 15.5. The molecule has 0 fully saturated rings. The van der Waals surface area contributed by atoms with E-state index in [2.05, 4.69) is 139 Å². The molecular weight excluding hydrogens is 585 g/mol. The molecule has 1 aliphatic heterocycles. The highest BCUT2D eigenvalue weighted by Gasteiger charge is 2.23. The predicted octanol–water partition coefficient (Wildman–Crippen LogP) is 10.4. The van der Waals surface area contributed by atoms with E-state index in [1.54, 1.807) is 0 Å². The normalized spacial score (nSPS) is 14.5. The Balaban J connectivity index is 1.28. The van der Waals surface area contributed by atoms with Crippen molar-refractivity contribution in [2.24, 2.45) is 9.98 Å². The fourth-order valence-electron chi connectivity index (χ4n) is 6.69. The first-order valence-electron chi connectivity index (χ1n) is 16.2. The second-order valence-electron chi connectivity index (χ2n) is 12.1. The summed E-state index contributed by atoms with van der Waals surface area (Å²) < 4.78 is 0. The number of para-hydroxylation sites is 1. The lowest BCUT2D eigenvalue weighted by Crippen LogP contribution is -2.33. The lowest BCUT2D eigenvalue weighted by Gasteiger charge is -2.25. The van der Waals surface area contributed by atoms with Crippen molar-refractivity contribution in [2.45, 2.75) is 6.17 Å². The van der Waals surface area contributed by atoms with Gasteiger partial charge in [-0.3, -0.25) is 0 Å². The van der Waals surface area contributed by atoms with Crippen LogP contribution < -0.4 is 5.32 Å². The van der Waals surface area contributed by atoms with Gasteiger partial charge in [-0.2, -0.15) is 0 Å². The number of fused-ring (bicyclic) bond motifs is 4. The smallest absolute Gasteiger partial charge is 0.159 e. The highest BCUT2D eigenvalue weighted by Crippen LogP contribution is 2.37. The predicted molar refractivity (Wildman–Crippen MR) is 199 cm³/mol. The summed E-state index contributed by atoms with van der Waals surface area (Å²) in [6.45, 7) is 0. The number of hydrogen-bond acceptors (Lipinski definition) is 4. The molecule has 8 aromatic rings. The van der Waals surface area contributed by atoms with Crippen molar-refractivity contribution in [3.63, 3.8) is 0 Å². The van der Waals surface area contributed by atoms with Crippen LogP contribution in [0.25, 0.3) is 54.8 Å². The van der Waals surface area contributed by atoms with Crippen LogP contribution in [0.2, 0.25) is 0 Å². The quantitative estimate of drug-likeness (QED) is 0.196. The van der Waals surface area contributed by atoms with Gasteiger partial charge in [-0.05, 0) is 63.2 Å². The first-order valence-corrected chi connectivity index (χ1v) is 16.2. The van der Waals surface area contributed by atoms with E-state index in [4.69, 9.17) is 15.0 Å². The first kappa shape index (κ1) is 27.9. The molecule has 9 rings (SSSR count). The van der Waals surface area contributed by atoms with E-state index in [9.17, 15) is 0 Å². The van der Waals surface area contributed by atoms with Crippen LogP contribution in [-0.2, 0) is 0 Å². The minimum atomic E-state index is -0.376. The van der Waals surface area contributed by atoms with E-state index in [1.165, 1.54) is 16.2 Å². The van der Waals surface area contributed by atoms with Crippen LogP contribution in [0, 0.1) is 0 Å². The molecule has 1 unspecified atom stereocenters. The second kappa shape index (κ2) is 11.8. The van der Waals surface area contributed by atoms with Crippen molar-refractivity contribution in [2.75, 3.05) is 0 Å². The topological polar surface area (TPSA) is 49.6 Å². The summed E-state index contributed by atoms with van der Waals surface area (Å²) in [7, 11) is 0. The van der Waals surface area contributed by atoms with Crippen LogP contribution in [0.15, 0.2) is 180 Å². The lowest BCUT2D eigenvalue weighted by atomic mass is 9.93. The largest absolute Gasteiger partial charge is 0.344 e. The molecule has 0 saturated carbocycles. The van der Waals surface area contributed by atoms with Gasteiger partial charge in [0.15, 0.2) is 5.84 Å². The van der Waals surface area contributed by atoms with Crippen molar-refractivity contribution in [1.29, 1.82) is 0 Å². The molecule has 2 heterocycles. The molecule has 0 amide bonds. The number of amidine groups is 2. The Labute approximate surface area is 278 Å². The van der Waals surface area contributed by atoms with E-state index in [0.29, 0.717) is 5.84 Å². The van der Waals surface area contributed by atoms with E-state index >= 15 is 0 Å². The molecule has 226 valence electrons. The van der Waals surface area contributed by atoms with E-state index in [1.807, 2.05) is 36.4 Å². The molecule has 4 nitrogen and oxygen atoms in total. The van der Waals surface area contributed by atoms with E-state index < -0.39 is 0 Å². The standard InChI is InChI=1S/C44H30N4/c1-3-14-30(15-4-1)42-46-43(31-16-5-2-6-17-31)48-44(47-42)36-27-34(33-24-23-29-13-7-8-18-32(29)25-33)26-35(28-36)41-39-21-10-9-19-37(39)38-20-11-12-22-40(38)45-41/h1-28,44H,(H,46,47,48). The molecule has 1 aliphatic rings. The molecular formula is C44H30N4. The zero-order valence-corrected chi connectivity index (χ0v) is 26.1. The Morgan fingerprint density at radius 1 is 0.438 bits per heavy atom. The lowest BCUT2D eigenvalue weighted by molar-refractivity contribution is 0.674. The molecule has 7 aromatic carbocycles. The monoisotopic (exact) mass is 614 g/mol. The van der Waals surface area contributed by atoms with Crippen LogP contribution in [0.3, 0.4) is 0 Å². The third-order valence-corrected chi connectivity index (χ3v) is 9.06. The van der Waals surface area contributed by atoms with Gasteiger partial charge in [0.05, 0.1) is 11.2 Å². The van der Waals surface area contributed by atoms with Crippen LogP contribution in [0.1, 0.15) is 22.9 Å². The number of nitrogens with one attached hydrogen (secondary N) is 1. The van der Waals surface area contributed by atoms with Gasteiger partial charge < -0.3 is 5.32 Å². The summed E-state index contributed by atoms with van der Waals surface area (Å²) in [6.07, 6.45) is -0.376. The van der Waals surface area contributed by atoms with E-state index in [-0.39, 0.29) is 6.17 Å². The van der Waals surface area contributed by atoms with Crippen LogP contribution >= 0.6 is 0 Å². The third kappa shape index (κ3) is 5.10. The maximum atomic E-state index is 5.29. The minimum absolute atomic E-state index is 0.376. The molecule has 48 heavy (non-hydrogen) atoms. The summed E-state index contributed by atoms with van der Waals surface area (Å²) in [6, 6.07) is 59.4. The maximum absolute atomic E-state index is 5.29. The van der Waals surface area contributed by atoms with Crippen LogP contribution in [0.4, 0.5) is 0 Å². The number of aliphatic imine (C=N–C) groups is 2. The summed E-state index contributed by atoms with van der Waals surface area (Å²) >= 11 is 0. The molecule has 0 radical (unpaired) electrons. The fourth-order valence-corrected chi connectivity index (χ4v) is 6.69. The van der Waals surface area contributed by atoms with Crippen LogP contribution in [0.5, 0.6) is 0 Å². The Morgan fingerprint density at radius 3 is 1.90 bits per heavy atom. The first-order chi connectivity index (χ1) is 23.8. The van der Waals surface area contributed by atoms with Gasteiger partial charge in [0.2, 0.25) is 0 Å². The van der Waals surface area contributed by atoms with Gasteiger partial charge in [-0.25, -0.2) is 15.0 Å². The maximum Gasteiger partial charge on any atom is 0.159 e. The average molecular weight is 615 g/mol. The Bertz CT molecular complexity index is 2530. The number of rotatable bonds is 5. The summed E-state index contributed by atoms with van der Waals surface area (Å²) in [5.74, 6) is 1.49. The molecule has 1 N–H and O–H groups in total. The second-order valence-corrected chi connectivity index (χ2v) is 12.1.